The molecule has 0 aliphatic carbocycles. The van der Waals surface area contributed by atoms with Crippen molar-refractivity contribution >= 4 is 17.9 Å². The van der Waals surface area contributed by atoms with Gasteiger partial charge in [-0.05, 0) is 37.0 Å². The molecule has 0 aromatic rings. The second-order valence-corrected chi connectivity index (χ2v) is 25.2. The summed E-state index contributed by atoms with van der Waals surface area (Å²) in [6.45, 7) is 13.4. The van der Waals surface area contributed by atoms with E-state index in [4.69, 9.17) is 23.7 Å². The first-order valence-electron chi connectivity index (χ1n) is 33.3. The highest BCUT2D eigenvalue weighted by atomic mass is 16.6. The summed E-state index contributed by atoms with van der Waals surface area (Å²) in [5.41, 5.74) is 0. The van der Waals surface area contributed by atoms with Crippen LogP contribution in [-0.2, 0) is 38.1 Å². The van der Waals surface area contributed by atoms with Gasteiger partial charge in [-0.2, -0.15) is 0 Å². The fourth-order valence-electron chi connectivity index (χ4n) is 10.7. The van der Waals surface area contributed by atoms with Gasteiger partial charge >= 0.3 is 17.9 Å². The van der Waals surface area contributed by atoms with Crippen LogP contribution in [0.1, 0.15) is 311 Å². The number of rotatable bonds is 52. The van der Waals surface area contributed by atoms with E-state index in [2.05, 4.69) is 41.5 Å². The highest BCUT2D eigenvalue weighted by Gasteiger charge is 2.42. The molecular weight excluding hydrogens is 1000 g/mol. The van der Waals surface area contributed by atoms with Gasteiger partial charge in [-0.15, -0.1) is 0 Å². The number of carbonyl (C=O) groups excluding carboxylic acids is 3. The molecule has 13 heteroatoms. The third-order valence-corrected chi connectivity index (χ3v) is 16.0. The monoisotopic (exact) mass is 1130 g/mol. The Labute approximate surface area is 483 Å². The largest absolute Gasteiger partial charge is 0.463 e. The summed E-state index contributed by atoms with van der Waals surface area (Å²) < 4.78 is 26.8. The van der Waals surface area contributed by atoms with Gasteiger partial charge in [0, 0.05) is 19.3 Å². The minimum atomic E-state index is -1.18. The van der Waals surface area contributed by atoms with Crippen molar-refractivity contribution in [1.29, 1.82) is 0 Å². The third-order valence-electron chi connectivity index (χ3n) is 16.0. The third kappa shape index (κ3) is 44.3. The van der Waals surface area contributed by atoms with Gasteiger partial charge in [-0.1, -0.05) is 273 Å². The Morgan fingerprint density at radius 2 is 0.620 bits per heavy atom. The Bertz CT molecular complexity index is 1390. The zero-order valence-corrected chi connectivity index (χ0v) is 51.9. The molecule has 2 heterocycles. The Kier molecular flexibility index (Phi) is 49.2. The smallest absolute Gasteiger partial charge is 0.306 e. The lowest BCUT2D eigenvalue weighted by Gasteiger charge is -2.25. The maximum atomic E-state index is 12.6. The lowest BCUT2D eigenvalue weighted by Crippen LogP contribution is -2.44. The lowest BCUT2D eigenvalue weighted by atomic mass is 10.0. The Morgan fingerprint density at radius 3 is 0.899 bits per heavy atom. The molecule has 468 valence electrons. The zero-order valence-electron chi connectivity index (χ0n) is 51.9. The van der Waals surface area contributed by atoms with Crippen LogP contribution in [0.15, 0.2) is 0 Å². The number of unbranched alkanes of at least 4 members (excludes halogenated alkanes) is 33. The number of carbonyl (C=O) groups is 3. The van der Waals surface area contributed by atoms with E-state index in [0.29, 0.717) is 12.8 Å². The van der Waals surface area contributed by atoms with E-state index in [-0.39, 0.29) is 50.8 Å². The van der Waals surface area contributed by atoms with Crippen LogP contribution in [0.25, 0.3) is 0 Å². The molecule has 2 fully saturated rings. The standard InChI is InChI=1S/C42H80O7.C24H46O6/c1-35(2)29-25-21-17-13-9-5-7-11-15-19-23-27-31-39(44)47-34-38(42-41(46)37(43)33-48-42)49-40(45)32-28-24-20-16-12-8-6-10-14-18-22-26-30-36(3)4;1-19(2)15-13-11-9-7-5-3-4-6-8-10-12-14-16-22(27)29-18-21(26)24-23(28)20(25)17-30-24/h35-38,41-43,46H,5-34H2,1-4H3;19-21,23-26,28H,3-18H2,1-2H3/t37-,38?,41+,42-;20-,21?,23+,24-/m11/s1. The van der Waals surface area contributed by atoms with Crippen molar-refractivity contribution in [2.75, 3.05) is 26.4 Å². The Hall–Kier alpha value is -1.87. The minimum Gasteiger partial charge on any atom is -0.463 e. The minimum absolute atomic E-state index is 0.0186. The van der Waals surface area contributed by atoms with E-state index < -0.39 is 48.8 Å². The van der Waals surface area contributed by atoms with Gasteiger partial charge in [0.25, 0.3) is 0 Å². The molecule has 0 amide bonds. The van der Waals surface area contributed by atoms with Crippen LogP contribution in [0.5, 0.6) is 0 Å². The number of ether oxygens (including phenoxy) is 5. The molecule has 79 heavy (non-hydrogen) atoms. The van der Waals surface area contributed by atoms with Gasteiger partial charge in [-0.3, -0.25) is 14.4 Å². The molecule has 0 saturated carbocycles. The molecule has 5 N–H and O–H groups in total. The molecule has 0 radical (unpaired) electrons. The fourth-order valence-corrected chi connectivity index (χ4v) is 10.7. The first-order valence-corrected chi connectivity index (χ1v) is 33.3. The molecule has 2 unspecified atom stereocenters. The van der Waals surface area contributed by atoms with Crippen LogP contribution >= 0.6 is 0 Å². The summed E-state index contributed by atoms with van der Waals surface area (Å²) >= 11 is 0. The zero-order chi connectivity index (χ0) is 58.1. The summed E-state index contributed by atoms with van der Waals surface area (Å²) in [4.78, 5) is 36.8. The second kappa shape index (κ2) is 51.7. The van der Waals surface area contributed by atoms with Crippen LogP contribution in [0, 0.1) is 17.8 Å². The molecule has 0 aromatic carbocycles. The van der Waals surface area contributed by atoms with Crippen LogP contribution < -0.4 is 0 Å². The molecule has 2 aliphatic heterocycles. The summed E-state index contributed by atoms with van der Waals surface area (Å²) in [5, 5.41) is 49.3. The van der Waals surface area contributed by atoms with Crippen molar-refractivity contribution in [2.45, 2.75) is 360 Å². The topological polar surface area (TPSA) is 199 Å². The predicted octanol–water partition coefficient (Wildman–Crippen LogP) is 14.9. The van der Waals surface area contributed by atoms with Crippen LogP contribution in [-0.4, -0.2) is 119 Å². The number of esters is 3. The van der Waals surface area contributed by atoms with Crippen LogP contribution in [0.4, 0.5) is 0 Å². The summed E-state index contributed by atoms with van der Waals surface area (Å²) in [6, 6.07) is 0. The first-order chi connectivity index (χ1) is 38.1. The molecule has 8 atom stereocenters. The van der Waals surface area contributed by atoms with Gasteiger partial charge in [0.15, 0.2) is 6.10 Å². The van der Waals surface area contributed by atoms with Gasteiger partial charge in [0.05, 0.1) is 13.2 Å². The molecule has 2 rings (SSSR count). The van der Waals surface area contributed by atoms with E-state index in [1.807, 2.05) is 0 Å². The molecule has 0 bridgehead atoms. The Balaban J connectivity index is 0.000000887. The fraction of sp³-hybridized carbons (Fsp3) is 0.955. The van der Waals surface area contributed by atoms with Crippen LogP contribution in [0.3, 0.4) is 0 Å². The van der Waals surface area contributed by atoms with Crippen molar-refractivity contribution in [2.24, 2.45) is 17.8 Å². The van der Waals surface area contributed by atoms with Crippen molar-refractivity contribution in [1.82, 2.24) is 0 Å². The molecule has 13 nitrogen and oxygen atoms in total. The van der Waals surface area contributed by atoms with Crippen molar-refractivity contribution in [3.8, 4) is 0 Å². The van der Waals surface area contributed by atoms with E-state index in [9.17, 15) is 39.9 Å². The average molecular weight is 1130 g/mol. The van der Waals surface area contributed by atoms with Gasteiger partial charge in [-0.25, -0.2) is 0 Å². The van der Waals surface area contributed by atoms with Gasteiger partial charge < -0.3 is 49.2 Å². The van der Waals surface area contributed by atoms with Gasteiger partial charge in [0.2, 0.25) is 0 Å². The molecular formula is C66H126O13. The normalized spacial score (nSPS) is 20.0. The molecule has 2 saturated heterocycles. The number of aliphatic hydroxyl groups excluding tert-OH is 5. The van der Waals surface area contributed by atoms with Crippen molar-refractivity contribution in [3.63, 3.8) is 0 Å². The molecule has 0 aromatic heterocycles. The maximum Gasteiger partial charge on any atom is 0.306 e. The van der Waals surface area contributed by atoms with E-state index in [1.54, 1.807) is 0 Å². The SMILES string of the molecule is CC(C)CCCCCCCCCCCCCCC(=O)OCC(O)[C@H]1OC[C@@H](O)[C@@H]1O.CC(C)CCCCCCCCCCCCCCC(=O)OCC(OC(=O)CCCCCCCCCCCCCCC(C)C)[C@H]1OC[C@@H](O)[C@@H]1O. The second-order valence-electron chi connectivity index (χ2n) is 25.2. The summed E-state index contributed by atoms with van der Waals surface area (Å²) in [6.07, 6.45) is 41.4. The quantitative estimate of drug-likeness (QED) is 0.0219. The molecule has 0 spiro atoms. The summed E-state index contributed by atoms with van der Waals surface area (Å²) in [7, 11) is 0. The highest BCUT2D eigenvalue weighted by molar-refractivity contribution is 5.70. The number of aliphatic hydroxyl groups is 5. The lowest BCUT2D eigenvalue weighted by molar-refractivity contribution is -0.170. The first kappa shape index (κ1) is 75.1. The van der Waals surface area contributed by atoms with E-state index in [1.165, 1.54) is 193 Å². The van der Waals surface area contributed by atoms with E-state index in [0.717, 1.165) is 75.5 Å². The maximum absolute atomic E-state index is 12.6. The predicted molar refractivity (Wildman–Crippen MR) is 320 cm³/mol. The summed E-state index contributed by atoms with van der Waals surface area (Å²) in [5.74, 6) is 1.45. The highest BCUT2D eigenvalue weighted by Crippen LogP contribution is 2.23. The van der Waals surface area contributed by atoms with E-state index >= 15 is 0 Å². The van der Waals surface area contributed by atoms with Crippen LogP contribution in [0.2, 0.25) is 0 Å². The number of hydrogen-bond donors (Lipinski definition) is 5. The average Bonchev–Trinajstić information content (AvgIpc) is 3.94. The number of hydrogen-bond acceptors (Lipinski definition) is 13. The van der Waals surface area contributed by atoms with Gasteiger partial charge in [0.1, 0.15) is 55.9 Å². The molecule has 2 aliphatic rings. The van der Waals surface area contributed by atoms with Crippen molar-refractivity contribution in [3.05, 3.63) is 0 Å². The van der Waals surface area contributed by atoms with Crippen molar-refractivity contribution < 1.29 is 63.6 Å². The Morgan fingerprint density at radius 1 is 0.367 bits per heavy atom.